The summed E-state index contributed by atoms with van der Waals surface area (Å²) in [5.41, 5.74) is -15.3. The van der Waals surface area contributed by atoms with E-state index in [1.165, 1.54) is 0 Å². The second kappa shape index (κ2) is 4.57. The van der Waals surface area contributed by atoms with Crippen molar-refractivity contribution in [1.82, 2.24) is 8.61 Å². The molecule has 0 aromatic heterocycles. The minimum atomic E-state index is -5.87. The largest absolute Gasteiger partial charge is 0.511 e. The quantitative estimate of drug-likeness (QED) is 0.518. The third kappa shape index (κ3) is 2.22. The molecular weight excluding hydrogens is 390 g/mol. The van der Waals surface area contributed by atoms with Crippen molar-refractivity contribution in [2.75, 3.05) is 0 Å². The van der Waals surface area contributed by atoms with E-state index in [1.807, 2.05) is 0 Å². The molecule has 2 saturated heterocycles. The zero-order valence-electron chi connectivity index (χ0n) is 12.8. The van der Waals surface area contributed by atoms with Gasteiger partial charge in [0, 0.05) is 11.1 Å². The predicted octanol–water partition coefficient (Wildman–Crippen LogP) is 1.61. The molecule has 24 heavy (non-hydrogen) atoms. The molecule has 0 spiro atoms. The second-order valence-corrected chi connectivity index (χ2v) is 10.3. The van der Waals surface area contributed by atoms with Crippen LogP contribution < -0.4 is 0 Å². The van der Waals surface area contributed by atoms with Crippen molar-refractivity contribution >= 4 is 20.0 Å². The van der Waals surface area contributed by atoms with Crippen LogP contribution in [0, 0.1) is 0 Å². The molecule has 2 aliphatic rings. The van der Waals surface area contributed by atoms with Gasteiger partial charge in [-0.2, -0.15) is 35.0 Å². The summed E-state index contributed by atoms with van der Waals surface area (Å²) in [4.78, 5) is 0. The lowest BCUT2D eigenvalue weighted by atomic mass is 10.0. The second-order valence-electron chi connectivity index (χ2n) is 6.69. The van der Waals surface area contributed by atoms with Crippen molar-refractivity contribution in [1.29, 1.82) is 0 Å². The SMILES string of the molecule is CC1(C)C2C(N2S(=O)(=O)C(F)(F)F)C(C)(C)N1S(=O)(=O)C(F)(F)F. The molecule has 2 fully saturated rings. The summed E-state index contributed by atoms with van der Waals surface area (Å²) in [7, 11) is -11.6. The van der Waals surface area contributed by atoms with Crippen LogP contribution in [0.25, 0.3) is 0 Å². The lowest BCUT2D eigenvalue weighted by Crippen LogP contribution is -2.62. The van der Waals surface area contributed by atoms with E-state index in [2.05, 4.69) is 0 Å². The maximum atomic E-state index is 12.9. The van der Waals surface area contributed by atoms with Crippen LogP contribution in [0.2, 0.25) is 0 Å². The number of hydrogen-bond donors (Lipinski definition) is 0. The molecule has 0 bridgehead atoms. The highest BCUT2D eigenvalue weighted by Crippen LogP contribution is 2.60. The van der Waals surface area contributed by atoms with Gasteiger partial charge in [0.05, 0.1) is 12.1 Å². The molecule has 0 saturated carbocycles. The first kappa shape index (κ1) is 19.7. The average molecular weight is 404 g/mol. The first-order valence-electron chi connectivity index (χ1n) is 6.45. The van der Waals surface area contributed by atoms with E-state index in [0.29, 0.717) is 0 Å². The van der Waals surface area contributed by atoms with Gasteiger partial charge in [0.15, 0.2) is 0 Å². The number of rotatable bonds is 2. The Balaban J connectivity index is 2.56. The molecule has 142 valence electrons. The Morgan fingerprint density at radius 1 is 0.708 bits per heavy atom. The Morgan fingerprint density at radius 2 is 1.00 bits per heavy atom. The van der Waals surface area contributed by atoms with Gasteiger partial charge >= 0.3 is 31.1 Å². The van der Waals surface area contributed by atoms with Crippen molar-refractivity contribution in [3.63, 3.8) is 0 Å². The summed E-state index contributed by atoms with van der Waals surface area (Å²) in [6, 6.07) is -3.09. The van der Waals surface area contributed by atoms with Gasteiger partial charge in [0.25, 0.3) is 0 Å². The van der Waals surface area contributed by atoms with Gasteiger partial charge in [-0.15, -0.1) is 0 Å². The van der Waals surface area contributed by atoms with E-state index in [9.17, 15) is 43.2 Å². The van der Waals surface area contributed by atoms with Crippen LogP contribution in [0.3, 0.4) is 0 Å². The summed E-state index contributed by atoms with van der Waals surface area (Å²) in [6.45, 7) is 3.87. The van der Waals surface area contributed by atoms with Gasteiger partial charge in [-0.1, -0.05) is 0 Å². The Hall–Kier alpha value is -0.600. The average Bonchev–Trinajstić information content (AvgIpc) is 2.96. The van der Waals surface area contributed by atoms with Gasteiger partial charge in [0.2, 0.25) is 0 Å². The summed E-state index contributed by atoms with van der Waals surface area (Å²) in [5, 5.41) is 0. The fourth-order valence-electron chi connectivity index (χ4n) is 3.73. The highest BCUT2D eigenvalue weighted by Gasteiger charge is 2.82. The number of halogens is 6. The molecule has 14 heteroatoms. The minimum absolute atomic E-state index is 0.0371. The highest BCUT2D eigenvalue weighted by atomic mass is 32.2. The van der Waals surface area contributed by atoms with E-state index < -0.39 is 54.2 Å². The zero-order valence-corrected chi connectivity index (χ0v) is 14.4. The number of nitrogens with zero attached hydrogens (tertiary/aromatic N) is 2. The van der Waals surface area contributed by atoms with Crippen molar-refractivity contribution < 1.29 is 43.2 Å². The molecule has 0 aromatic rings. The number of alkyl halides is 6. The van der Waals surface area contributed by atoms with Crippen LogP contribution in [-0.4, -0.2) is 59.6 Å². The molecule has 2 aliphatic heterocycles. The topological polar surface area (TPSA) is 74.5 Å². The fraction of sp³-hybridized carbons (Fsp3) is 1.00. The van der Waals surface area contributed by atoms with E-state index in [-0.39, 0.29) is 8.61 Å². The molecule has 6 nitrogen and oxygen atoms in total. The lowest BCUT2D eigenvalue weighted by molar-refractivity contribution is -0.0575. The Morgan fingerprint density at radius 3 is 1.25 bits per heavy atom. The van der Waals surface area contributed by atoms with Gasteiger partial charge in [0.1, 0.15) is 0 Å². The number of piperazine rings is 1. The monoisotopic (exact) mass is 404 g/mol. The number of sulfonamides is 2. The maximum Gasteiger partial charge on any atom is 0.511 e. The van der Waals surface area contributed by atoms with Crippen LogP contribution in [0.4, 0.5) is 26.3 Å². The summed E-state index contributed by atoms with van der Waals surface area (Å²) < 4.78 is 124. The molecule has 2 atom stereocenters. The standard InChI is InChI=1S/C10H14F6N2O4S2/c1-7(2)5-6(17(5)23(19,20)9(11,12)13)8(3,4)18(7)24(21,22)10(14,15)16/h5-6H,1-4H3. The molecule has 0 aliphatic carbocycles. The van der Waals surface area contributed by atoms with Crippen LogP contribution in [0.1, 0.15) is 27.7 Å². The third-order valence-corrected chi connectivity index (χ3v) is 7.96. The smallest absolute Gasteiger partial charge is 0.203 e. The molecule has 2 heterocycles. The molecule has 2 rings (SSSR count). The van der Waals surface area contributed by atoms with E-state index >= 15 is 0 Å². The van der Waals surface area contributed by atoms with Crippen molar-refractivity contribution in [2.24, 2.45) is 0 Å². The van der Waals surface area contributed by atoms with Gasteiger partial charge in [-0.05, 0) is 27.7 Å². The molecule has 0 N–H and O–H groups in total. The maximum absolute atomic E-state index is 12.9. The van der Waals surface area contributed by atoms with Crippen LogP contribution in [-0.2, 0) is 20.0 Å². The van der Waals surface area contributed by atoms with E-state index in [1.54, 1.807) is 0 Å². The van der Waals surface area contributed by atoms with E-state index in [4.69, 9.17) is 0 Å². The molecule has 0 aromatic carbocycles. The Labute approximate surface area is 134 Å². The summed E-state index contributed by atoms with van der Waals surface area (Å²) in [6.07, 6.45) is 0. The number of fused-ring (bicyclic) bond motifs is 1. The van der Waals surface area contributed by atoms with Gasteiger partial charge in [-0.25, -0.2) is 16.8 Å². The minimum Gasteiger partial charge on any atom is -0.203 e. The first-order valence-corrected chi connectivity index (χ1v) is 9.33. The lowest BCUT2D eigenvalue weighted by Gasteiger charge is -2.43. The predicted molar refractivity (Wildman–Crippen MR) is 69.4 cm³/mol. The summed E-state index contributed by atoms with van der Waals surface area (Å²) >= 11 is 0. The third-order valence-electron chi connectivity index (χ3n) is 4.36. The highest BCUT2D eigenvalue weighted by molar-refractivity contribution is 7.90. The van der Waals surface area contributed by atoms with Crippen molar-refractivity contribution in [3.8, 4) is 0 Å². The fourth-order valence-corrected chi connectivity index (χ4v) is 6.92. The Kier molecular flexibility index (Phi) is 3.75. The van der Waals surface area contributed by atoms with Crippen LogP contribution >= 0.6 is 0 Å². The normalized spacial score (nSPS) is 33.3. The summed E-state index contributed by atoms with van der Waals surface area (Å²) in [5.74, 6) is 0. The van der Waals surface area contributed by atoms with Crippen LogP contribution in [0.5, 0.6) is 0 Å². The molecule has 0 amide bonds. The number of hydrogen-bond acceptors (Lipinski definition) is 4. The Bertz CT molecular complexity index is 746. The first-order chi connectivity index (χ1) is 10.2. The zero-order chi connectivity index (χ0) is 19.3. The van der Waals surface area contributed by atoms with Crippen molar-refractivity contribution in [3.05, 3.63) is 0 Å². The van der Waals surface area contributed by atoms with Crippen LogP contribution in [0.15, 0.2) is 0 Å². The molecular formula is C10H14F6N2O4S2. The van der Waals surface area contributed by atoms with Gasteiger partial charge in [-0.3, -0.25) is 0 Å². The molecule has 2 unspecified atom stereocenters. The van der Waals surface area contributed by atoms with Gasteiger partial charge < -0.3 is 0 Å². The molecule has 0 radical (unpaired) electrons. The van der Waals surface area contributed by atoms with Crippen molar-refractivity contribution in [2.45, 2.75) is 61.9 Å². The van der Waals surface area contributed by atoms with E-state index in [0.717, 1.165) is 27.7 Å².